The van der Waals surface area contributed by atoms with Crippen LogP contribution in [0.4, 0.5) is 10.8 Å². The summed E-state index contributed by atoms with van der Waals surface area (Å²) in [5.74, 6) is -0.444. The van der Waals surface area contributed by atoms with Gasteiger partial charge in [-0.15, -0.1) is 11.3 Å². The first kappa shape index (κ1) is 26.2. The van der Waals surface area contributed by atoms with Gasteiger partial charge in [0, 0.05) is 24.9 Å². The van der Waals surface area contributed by atoms with Crippen LogP contribution in [0.15, 0.2) is 29.3 Å². The molecule has 0 spiro atoms. The number of thiazole rings is 1. The maximum atomic E-state index is 12.4. The Morgan fingerprint density at radius 3 is 2.42 bits per heavy atom. The predicted octanol–water partition coefficient (Wildman–Crippen LogP) is 0.390. The second-order valence-corrected chi connectivity index (χ2v) is 10.2. The zero-order chi connectivity index (χ0) is 24.4. The van der Waals surface area contributed by atoms with E-state index in [4.69, 9.17) is 11.5 Å². The number of aryl methyl sites for hydroxylation is 2. The molecule has 0 aliphatic rings. The standard InChI is InChI=1S/C20H29N7O4S2/c1-13(28)25-20-27-16(9-6-14-4-7-15(8-5-14)26-19(21)22)17(32-20)12-18(29)23-10-3-11-24-33(2,30)31/h4-5,7-8,24H,3,6,9-12H2,1-2H3,(H,23,29)(H4,21,22,26)(H,25,27,28). The van der Waals surface area contributed by atoms with Gasteiger partial charge in [0.25, 0.3) is 0 Å². The number of nitrogens with one attached hydrogen (secondary N) is 3. The van der Waals surface area contributed by atoms with E-state index in [-0.39, 0.29) is 30.7 Å². The number of anilines is 1. The van der Waals surface area contributed by atoms with E-state index < -0.39 is 10.0 Å². The van der Waals surface area contributed by atoms with Crippen LogP contribution in [0.25, 0.3) is 0 Å². The highest BCUT2D eigenvalue weighted by atomic mass is 32.2. The van der Waals surface area contributed by atoms with Crippen LogP contribution >= 0.6 is 11.3 Å². The van der Waals surface area contributed by atoms with Crippen molar-refractivity contribution in [3.8, 4) is 0 Å². The molecule has 1 aromatic heterocycles. The number of aliphatic imine (C=N–C) groups is 1. The van der Waals surface area contributed by atoms with Gasteiger partial charge in [0.2, 0.25) is 21.8 Å². The molecule has 7 N–H and O–H groups in total. The third-order valence-corrected chi connectivity index (χ3v) is 6.01. The van der Waals surface area contributed by atoms with Crippen LogP contribution in [0, 0.1) is 0 Å². The minimum atomic E-state index is -3.24. The number of guanidine groups is 1. The lowest BCUT2D eigenvalue weighted by molar-refractivity contribution is -0.120. The van der Waals surface area contributed by atoms with E-state index in [1.807, 2.05) is 24.3 Å². The molecule has 1 heterocycles. The Morgan fingerprint density at radius 2 is 1.82 bits per heavy atom. The number of hydrogen-bond acceptors (Lipinski definition) is 7. The number of amides is 2. The summed E-state index contributed by atoms with van der Waals surface area (Å²) in [6, 6.07) is 7.46. The van der Waals surface area contributed by atoms with E-state index in [1.165, 1.54) is 18.3 Å². The number of nitrogens with two attached hydrogens (primary N) is 2. The van der Waals surface area contributed by atoms with Gasteiger partial charge in [0.1, 0.15) is 0 Å². The summed E-state index contributed by atoms with van der Waals surface area (Å²) < 4.78 is 24.5. The van der Waals surface area contributed by atoms with Gasteiger partial charge in [-0.3, -0.25) is 9.59 Å². The topological polar surface area (TPSA) is 182 Å². The summed E-state index contributed by atoms with van der Waals surface area (Å²) in [6.07, 6.45) is 2.94. The summed E-state index contributed by atoms with van der Waals surface area (Å²) in [7, 11) is -3.24. The Morgan fingerprint density at radius 1 is 1.12 bits per heavy atom. The molecule has 0 unspecified atom stereocenters. The van der Waals surface area contributed by atoms with Gasteiger partial charge in [0.05, 0.1) is 24.1 Å². The number of carbonyl (C=O) groups is 2. The SMILES string of the molecule is CC(=O)Nc1nc(CCc2ccc(N=C(N)N)cc2)c(CC(=O)NCCCNS(C)(=O)=O)s1. The normalized spacial score (nSPS) is 11.1. The molecule has 180 valence electrons. The van der Waals surface area contributed by atoms with Gasteiger partial charge in [-0.2, -0.15) is 0 Å². The fraction of sp³-hybridized carbons (Fsp3) is 0.400. The van der Waals surface area contributed by atoms with Crippen LogP contribution in [0.5, 0.6) is 0 Å². The van der Waals surface area contributed by atoms with E-state index in [2.05, 4.69) is 25.3 Å². The summed E-state index contributed by atoms with van der Waals surface area (Å²) in [6.45, 7) is 1.99. The van der Waals surface area contributed by atoms with Crippen LogP contribution < -0.4 is 26.8 Å². The Kier molecular flexibility index (Phi) is 9.75. The summed E-state index contributed by atoms with van der Waals surface area (Å²) in [5.41, 5.74) is 13.2. The molecule has 2 rings (SSSR count). The lowest BCUT2D eigenvalue weighted by atomic mass is 10.1. The van der Waals surface area contributed by atoms with E-state index >= 15 is 0 Å². The molecule has 0 saturated carbocycles. The Hall–Kier alpha value is -3.03. The smallest absolute Gasteiger partial charge is 0.225 e. The second kappa shape index (κ2) is 12.3. The molecule has 13 heteroatoms. The molecule has 0 aliphatic heterocycles. The van der Waals surface area contributed by atoms with Crippen molar-refractivity contribution in [1.82, 2.24) is 15.0 Å². The van der Waals surface area contributed by atoms with Crippen molar-refractivity contribution in [1.29, 1.82) is 0 Å². The zero-order valence-corrected chi connectivity index (χ0v) is 20.2. The third kappa shape index (κ3) is 10.4. The molecular weight excluding hydrogens is 466 g/mol. The molecule has 0 radical (unpaired) electrons. The van der Waals surface area contributed by atoms with Gasteiger partial charge in [-0.1, -0.05) is 12.1 Å². The van der Waals surface area contributed by atoms with E-state index in [0.29, 0.717) is 36.6 Å². The van der Waals surface area contributed by atoms with E-state index in [1.54, 1.807) is 0 Å². The molecular formula is C20H29N7O4S2. The number of benzene rings is 1. The monoisotopic (exact) mass is 495 g/mol. The van der Waals surface area contributed by atoms with Gasteiger partial charge in [-0.25, -0.2) is 23.1 Å². The minimum Gasteiger partial charge on any atom is -0.370 e. The molecule has 0 aliphatic carbocycles. The Balaban J connectivity index is 1.98. The highest BCUT2D eigenvalue weighted by molar-refractivity contribution is 7.88. The van der Waals surface area contributed by atoms with Gasteiger partial charge in [0.15, 0.2) is 11.1 Å². The van der Waals surface area contributed by atoms with Crippen molar-refractivity contribution in [2.45, 2.75) is 32.6 Å². The molecule has 11 nitrogen and oxygen atoms in total. The number of sulfonamides is 1. The summed E-state index contributed by atoms with van der Waals surface area (Å²) in [4.78, 5) is 33.0. The number of hydrogen-bond donors (Lipinski definition) is 5. The van der Waals surface area contributed by atoms with Crippen LogP contribution in [0.1, 0.15) is 29.5 Å². The Labute approximate surface area is 197 Å². The lowest BCUT2D eigenvalue weighted by Gasteiger charge is -2.06. The van der Waals surface area contributed by atoms with Crippen LogP contribution in [0.2, 0.25) is 0 Å². The quantitative estimate of drug-likeness (QED) is 0.160. The predicted molar refractivity (Wildman–Crippen MR) is 130 cm³/mol. The van der Waals surface area contributed by atoms with Gasteiger partial charge < -0.3 is 22.1 Å². The van der Waals surface area contributed by atoms with Crippen LogP contribution in [0.3, 0.4) is 0 Å². The molecule has 2 aromatic rings. The Bertz CT molecular complexity index is 1090. The molecule has 0 fully saturated rings. The van der Waals surface area contributed by atoms with E-state index in [0.717, 1.165) is 22.4 Å². The maximum Gasteiger partial charge on any atom is 0.225 e. The second-order valence-electron chi connectivity index (χ2n) is 7.32. The molecule has 0 saturated heterocycles. The number of nitrogens with zero attached hydrogens (tertiary/aromatic N) is 2. The average molecular weight is 496 g/mol. The van der Waals surface area contributed by atoms with Crippen molar-refractivity contribution < 1.29 is 18.0 Å². The highest BCUT2D eigenvalue weighted by Gasteiger charge is 2.15. The first-order valence-corrected chi connectivity index (χ1v) is 12.9. The largest absolute Gasteiger partial charge is 0.370 e. The fourth-order valence-corrected chi connectivity index (χ4v) is 4.42. The van der Waals surface area contributed by atoms with Crippen molar-refractivity contribution >= 4 is 50.0 Å². The first-order valence-electron chi connectivity index (χ1n) is 10.2. The molecule has 0 atom stereocenters. The molecule has 0 bridgehead atoms. The van der Waals surface area contributed by atoms with Crippen LogP contribution in [-0.2, 0) is 38.9 Å². The average Bonchev–Trinajstić information content (AvgIpc) is 3.06. The number of aromatic nitrogens is 1. The number of carbonyl (C=O) groups excluding carboxylic acids is 2. The van der Waals surface area contributed by atoms with Crippen molar-refractivity contribution in [3.63, 3.8) is 0 Å². The molecule has 1 aromatic carbocycles. The van der Waals surface area contributed by atoms with Gasteiger partial charge >= 0.3 is 0 Å². The number of rotatable bonds is 12. The zero-order valence-electron chi connectivity index (χ0n) is 18.6. The highest BCUT2D eigenvalue weighted by Crippen LogP contribution is 2.25. The van der Waals surface area contributed by atoms with Crippen molar-refractivity contribution in [2.75, 3.05) is 24.7 Å². The lowest BCUT2D eigenvalue weighted by Crippen LogP contribution is -2.30. The molecule has 2 amide bonds. The van der Waals surface area contributed by atoms with Crippen LogP contribution in [-0.4, -0.2) is 50.5 Å². The molecule has 33 heavy (non-hydrogen) atoms. The fourth-order valence-electron chi connectivity index (χ4n) is 2.85. The summed E-state index contributed by atoms with van der Waals surface area (Å²) in [5, 5.41) is 5.89. The van der Waals surface area contributed by atoms with Gasteiger partial charge in [-0.05, 0) is 37.0 Å². The van der Waals surface area contributed by atoms with Crippen molar-refractivity contribution in [2.24, 2.45) is 16.5 Å². The van der Waals surface area contributed by atoms with E-state index in [9.17, 15) is 18.0 Å². The summed E-state index contributed by atoms with van der Waals surface area (Å²) >= 11 is 1.27. The minimum absolute atomic E-state index is 0.00898. The van der Waals surface area contributed by atoms with Crippen molar-refractivity contribution in [3.05, 3.63) is 40.4 Å². The maximum absolute atomic E-state index is 12.4. The third-order valence-electron chi connectivity index (χ3n) is 4.27. The first-order chi connectivity index (χ1) is 15.5.